The standard InChI is InChI=1S/C21H33N3O/c1-16-8-6-9-19(18(16)3)22-21(25)15-23-11-13-24(14-12-23)20-10-5-4-7-17(20)2/h4-5,7,10,16,18-19H,6,8-9,11-15H2,1-3H3,(H,22,25). The monoisotopic (exact) mass is 343 g/mol. The Morgan fingerprint density at radius 1 is 1.12 bits per heavy atom. The third-order valence-corrected chi connectivity index (χ3v) is 6.25. The summed E-state index contributed by atoms with van der Waals surface area (Å²) in [5, 5.41) is 3.30. The number of benzene rings is 1. The Bertz CT molecular complexity index is 580. The Morgan fingerprint density at radius 3 is 2.56 bits per heavy atom. The highest BCUT2D eigenvalue weighted by Gasteiger charge is 2.29. The van der Waals surface area contributed by atoms with E-state index < -0.39 is 0 Å². The molecule has 1 saturated carbocycles. The molecule has 3 rings (SSSR count). The zero-order valence-electron chi connectivity index (χ0n) is 16.0. The predicted molar refractivity (Wildman–Crippen MR) is 104 cm³/mol. The fraction of sp³-hybridized carbons (Fsp3) is 0.667. The van der Waals surface area contributed by atoms with Crippen LogP contribution >= 0.6 is 0 Å². The molecule has 1 amide bonds. The van der Waals surface area contributed by atoms with Crippen LogP contribution in [0.4, 0.5) is 5.69 Å². The average molecular weight is 344 g/mol. The minimum atomic E-state index is 0.204. The topological polar surface area (TPSA) is 35.6 Å². The Hall–Kier alpha value is -1.55. The number of rotatable bonds is 4. The molecule has 0 spiro atoms. The molecule has 4 heteroatoms. The smallest absolute Gasteiger partial charge is 0.234 e. The summed E-state index contributed by atoms with van der Waals surface area (Å²) in [5.74, 6) is 1.52. The molecule has 1 aromatic rings. The average Bonchev–Trinajstić information content (AvgIpc) is 2.60. The van der Waals surface area contributed by atoms with Crippen LogP contribution in [0.25, 0.3) is 0 Å². The quantitative estimate of drug-likeness (QED) is 0.913. The van der Waals surface area contributed by atoms with Gasteiger partial charge in [-0.15, -0.1) is 0 Å². The number of carbonyl (C=O) groups is 1. The number of piperazine rings is 1. The van der Waals surface area contributed by atoms with E-state index in [0.717, 1.165) is 38.5 Å². The number of aryl methyl sites for hydroxylation is 1. The van der Waals surface area contributed by atoms with Crippen molar-refractivity contribution < 1.29 is 4.79 Å². The van der Waals surface area contributed by atoms with Crippen LogP contribution in [0.2, 0.25) is 0 Å². The first kappa shape index (κ1) is 18.2. The molecule has 1 aliphatic heterocycles. The van der Waals surface area contributed by atoms with E-state index in [9.17, 15) is 4.79 Å². The van der Waals surface area contributed by atoms with Gasteiger partial charge in [-0.1, -0.05) is 44.9 Å². The van der Waals surface area contributed by atoms with Gasteiger partial charge in [-0.25, -0.2) is 0 Å². The van der Waals surface area contributed by atoms with Crippen molar-refractivity contribution in [3.05, 3.63) is 29.8 Å². The third kappa shape index (κ3) is 4.55. The van der Waals surface area contributed by atoms with E-state index >= 15 is 0 Å². The lowest BCUT2D eigenvalue weighted by atomic mass is 9.78. The summed E-state index contributed by atoms with van der Waals surface area (Å²) in [5.41, 5.74) is 2.66. The van der Waals surface area contributed by atoms with Crippen molar-refractivity contribution >= 4 is 11.6 Å². The Balaban J connectivity index is 1.46. The third-order valence-electron chi connectivity index (χ3n) is 6.25. The summed E-state index contributed by atoms with van der Waals surface area (Å²) >= 11 is 0. The summed E-state index contributed by atoms with van der Waals surface area (Å²) in [7, 11) is 0. The number of hydrogen-bond donors (Lipinski definition) is 1. The van der Waals surface area contributed by atoms with Gasteiger partial charge in [0.15, 0.2) is 0 Å². The number of para-hydroxylation sites is 1. The van der Waals surface area contributed by atoms with Gasteiger partial charge in [0.2, 0.25) is 5.91 Å². The SMILES string of the molecule is Cc1ccccc1N1CCN(CC(=O)NC2CCCC(C)C2C)CC1. The fourth-order valence-corrected chi connectivity index (χ4v) is 4.31. The van der Waals surface area contributed by atoms with E-state index in [0.29, 0.717) is 18.5 Å². The van der Waals surface area contributed by atoms with Crippen LogP contribution in [0.3, 0.4) is 0 Å². The van der Waals surface area contributed by atoms with Crippen LogP contribution in [0.15, 0.2) is 24.3 Å². The summed E-state index contributed by atoms with van der Waals surface area (Å²) in [6, 6.07) is 8.93. The zero-order chi connectivity index (χ0) is 17.8. The van der Waals surface area contributed by atoms with E-state index in [1.807, 2.05) is 0 Å². The number of carbonyl (C=O) groups excluding carboxylic acids is 1. The van der Waals surface area contributed by atoms with E-state index in [1.165, 1.54) is 24.1 Å². The molecule has 0 bridgehead atoms. The van der Waals surface area contributed by atoms with E-state index in [4.69, 9.17) is 0 Å². The van der Waals surface area contributed by atoms with E-state index in [1.54, 1.807) is 0 Å². The molecule has 3 unspecified atom stereocenters. The minimum absolute atomic E-state index is 0.204. The van der Waals surface area contributed by atoms with Crippen molar-refractivity contribution in [1.29, 1.82) is 0 Å². The molecule has 1 heterocycles. The van der Waals surface area contributed by atoms with Crippen molar-refractivity contribution in [2.45, 2.75) is 46.1 Å². The van der Waals surface area contributed by atoms with Crippen molar-refractivity contribution in [3.63, 3.8) is 0 Å². The number of hydrogen-bond acceptors (Lipinski definition) is 3. The Kier molecular flexibility index (Phi) is 6.00. The van der Waals surface area contributed by atoms with Crippen molar-refractivity contribution in [2.75, 3.05) is 37.6 Å². The fourth-order valence-electron chi connectivity index (χ4n) is 4.31. The maximum Gasteiger partial charge on any atom is 0.234 e. The Morgan fingerprint density at radius 2 is 1.84 bits per heavy atom. The second kappa shape index (κ2) is 8.22. The van der Waals surface area contributed by atoms with E-state index in [2.05, 4.69) is 60.2 Å². The maximum absolute atomic E-state index is 12.5. The largest absolute Gasteiger partial charge is 0.369 e. The highest BCUT2D eigenvalue weighted by molar-refractivity contribution is 5.78. The van der Waals surface area contributed by atoms with Crippen molar-refractivity contribution in [2.24, 2.45) is 11.8 Å². The van der Waals surface area contributed by atoms with Gasteiger partial charge in [0.05, 0.1) is 6.54 Å². The molecule has 1 aromatic carbocycles. The van der Waals surface area contributed by atoms with Crippen LogP contribution in [0, 0.1) is 18.8 Å². The molecule has 138 valence electrons. The Labute approximate surface area is 152 Å². The normalized spacial score (nSPS) is 28.0. The lowest BCUT2D eigenvalue weighted by molar-refractivity contribution is -0.123. The van der Waals surface area contributed by atoms with Crippen LogP contribution < -0.4 is 10.2 Å². The summed E-state index contributed by atoms with van der Waals surface area (Å²) in [6.07, 6.45) is 3.68. The van der Waals surface area contributed by atoms with Gasteiger partial charge >= 0.3 is 0 Å². The van der Waals surface area contributed by atoms with E-state index in [-0.39, 0.29) is 5.91 Å². The molecule has 1 N–H and O–H groups in total. The van der Waals surface area contributed by atoms with Crippen molar-refractivity contribution in [3.8, 4) is 0 Å². The number of nitrogens with one attached hydrogen (secondary N) is 1. The summed E-state index contributed by atoms with van der Waals surface area (Å²) in [4.78, 5) is 17.2. The molecule has 25 heavy (non-hydrogen) atoms. The summed E-state index contributed by atoms with van der Waals surface area (Å²) < 4.78 is 0. The van der Waals surface area contributed by atoms with Crippen LogP contribution in [0.5, 0.6) is 0 Å². The summed E-state index contributed by atoms with van der Waals surface area (Å²) in [6.45, 7) is 11.2. The molecule has 0 aromatic heterocycles. The molecule has 4 nitrogen and oxygen atoms in total. The molecule has 0 radical (unpaired) electrons. The highest BCUT2D eigenvalue weighted by Crippen LogP contribution is 2.29. The minimum Gasteiger partial charge on any atom is -0.369 e. The molecular formula is C21H33N3O. The van der Waals surface area contributed by atoms with Gasteiger partial charge < -0.3 is 10.2 Å². The lowest BCUT2D eigenvalue weighted by Gasteiger charge is -2.38. The van der Waals surface area contributed by atoms with Gasteiger partial charge in [0.1, 0.15) is 0 Å². The van der Waals surface area contributed by atoms with Crippen LogP contribution in [-0.4, -0.2) is 49.6 Å². The second-order valence-corrected chi connectivity index (χ2v) is 7.99. The van der Waals surface area contributed by atoms with Gasteiger partial charge in [-0.3, -0.25) is 9.69 Å². The first-order valence-electron chi connectivity index (χ1n) is 9.87. The first-order valence-corrected chi connectivity index (χ1v) is 9.87. The number of anilines is 1. The van der Waals surface area contributed by atoms with Crippen molar-refractivity contribution in [1.82, 2.24) is 10.2 Å². The molecule has 1 saturated heterocycles. The predicted octanol–water partition coefficient (Wildman–Crippen LogP) is 3.06. The van der Waals surface area contributed by atoms with Gasteiger partial charge in [-0.05, 0) is 36.8 Å². The van der Waals surface area contributed by atoms with Gasteiger partial charge in [0.25, 0.3) is 0 Å². The molecule has 2 aliphatic rings. The maximum atomic E-state index is 12.5. The van der Waals surface area contributed by atoms with Gasteiger partial charge in [0, 0.05) is 37.9 Å². The number of amides is 1. The number of nitrogens with zero attached hydrogens (tertiary/aromatic N) is 2. The second-order valence-electron chi connectivity index (χ2n) is 7.99. The molecule has 2 fully saturated rings. The lowest BCUT2D eigenvalue weighted by Crippen LogP contribution is -2.52. The van der Waals surface area contributed by atoms with Crippen LogP contribution in [-0.2, 0) is 4.79 Å². The zero-order valence-corrected chi connectivity index (χ0v) is 16.0. The highest BCUT2D eigenvalue weighted by atomic mass is 16.2. The van der Waals surface area contributed by atoms with Gasteiger partial charge in [-0.2, -0.15) is 0 Å². The van der Waals surface area contributed by atoms with Crippen LogP contribution in [0.1, 0.15) is 38.7 Å². The first-order chi connectivity index (χ1) is 12.0. The molecular weight excluding hydrogens is 310 g/mol. The molecule has 3 atom stereocenters. The molecule has 1 aliphatic carbocycles.